The van der Waals surface area contributed by atoms with Crippen LogP contribution in [0.15, 0.2) is 36.9 Å². The summed E-state index contributed by atoms with van der Waals surface area (Å²) in [5.41, 5.74) is 4.97. The number of aromatic nitrogens is 1. The average Bonchev–Trinajstić information content (AvgIpc) is 2.95. The van der Waals surface area contributed by atoms with E-state index in [9.17, 15) is 9.59 Å². The number of ether oxygens (including phenoxy) is 2. The van der Waals surface area contributed by atoms with Gasteiger partial charge in [-0.2, -0.15) is 0 Å². The third-order valence-corrected chi connectivity index (χ3v) is 4.80. The number of hydrogen-bond donors (Lipinski definition) is 1. The van der Waals surface area contributed by atoms with Gasteiger partial charge in [-0.15, -0.1) is 6.58 Å². The van der Waals surface area contributed by atoms with E-state index >= 15 is 0 Å². The van der Waals surface area contributed by atoms with Crippen LogP contribution in [0.5, 0.6) is 5.75 Å². The van der Waals surface area contributed by atoms with E-state index in [4.69, 9.17) is 9.47 Å². The monoisotopic (exact) mass is 379 g/mol. The number of H-pyrrole nitrogens is 1. The maximum atomic E-state index is 11.6. The Bertz CT molecular complexity index is 1080. The molecule has 3 aromatic rings. The Morgan fingerprint density at radius 2 is 1.93 bits per heavy atom. The van der Waals surface area contributed by atoms with E-state index in [2.05, 4.69) is 23.7 Å². The smallest absolute Gasteiger partial charge is 0.308 e. The van der Waals surface area contributed by atoms with Gasteiger partial charge < -0.3 is 14.5 Å². The average molecular weight is 379 g/mol. The van der Waals surface area contributed by atoms with Crippen molar-refractivity contribution in [2.75, 3.05) is 0 Å². The minimum absolute atomic E-state index is 0.297. The maximum absolute atomic E-state index is 11.6. The summed E-state index contributed by atoms with van der Waals surface area (Å²) in [4.78, 5) is 26.4. The van der Waals surface area contributed by atoms with Crippen LogP contribution in [-0.2, 0) is 27.2 Å². The minimum atomic E-state index is -0.367. The second-order valence-electron chi connectivity index (χ2n) is 7.12. The Morgan fingerprint density at radius 3 is 2.57 bits per heavy atom. The van der Waals surface area contributed by atoms with E-state index in [1.165, 1.54) is 13.8 Å². The number of aromatic amines is 1. The van der Waals surface area contributed by atoms with Gasteiger partial charge in [-0.3, -0.25) is 9.59 Å². The topological polar surface area (TPSA) is 68.4 Å². The SMILES string of the molecule is C=CCc1ccc2[nH]c3c(C[C@H](C)OC(C)=O)c(C)c(OC(C)=O)cc3c2c1. The third-order valence-electron chi connectivity index (χ3n) is 4.80. The van der Waals surface area contributed by atoms with Gasteiger partial charge in [0.15, 0.2) is 0 Å². The lowest BCUT2D eigenvalue weighted by atomic mass is 9.97. The van der Waals surface area contributed by atoms with E-state index in [-0.39, 0.29) is 18.0 Å². The molecule has 1 aromatic heterocycles. The zero-order valence-corrected chi connectivity index (χ0v) is 16.7. The predicted octanol–water partition coefficient (Wildman–Crippen LogP) is 4.78. The lowest BCUT2D eigenvalue weighted by molar-refractivity contribution is -0.145. The van der Waals surface area contributed by atoms with Crippen molar-refractivity contribution in [2.24, 2.45) is 0 Å². The van der Waals surface area contributed by atoms with Gasteiger partial charge in [0.2, 0.25) is 0 Å². The van der Waals surface area contributed by atoms with Crippen LogP contribution in [0.1, 0.15) is 37.5 Å². The fourth-order valence-corrected chi connectivity index (χ4v) is 3.65. The molecule has 0 bridgehead atoms. The van der Waals surface area contributed by atoms with Crippen molar-refractivity contribution >= 4 is 33.7 Å². The summed E-state index contributed by atoms with van der Waals surface area (Å²) in [6.07, 6.45) is 2.87. The van der Waals surface area contributed by atoms with Crippen LogP contribution in [0.25, 0.3) is 21.8 Å². The van der Waals surface area contributed by atoms with Crippen molar-refractivity contribution in [3.8, 4) is 5.75 Å². The van der Waals surface area contributed by atoms with Crippen molar-refractivity contribution in [2.45, 2.75) is 46.6 Å². The van der Waals surface area contributed by atoms with E-state index in [0.717, 1.165) is 44.9 Å². The van der Waals surface area contributed by atoms with Gasteiger partial charge in [0.1, 0.15) is 11.9 Å². The molecule has 2 aromatic carbocycles. The second kappa shape index (κ2) is 7.89. The summed E-state index contributed by atoms with van der Waals surface area (Å²) in [6, 6.07) is 8.15. The van der Waals surface area contributed by atoms with Crippen LogP contribution >= 0.6 is 0 Å². The Balaban J connectivity index is 2.23. The summed E-state index contributed by atoms with van der Waals surface area (Å²) in [7, 11) is 0. The van der Waals surface area contributed by atoms with Crippen LogP contribution < -0.4 is 4.74 Å². The molecule has 0 saturated heterocycles. The van der Waals surface area contributed by atoms with Crippen LogP contribution in [0.2, 0.25) is 0 Å². The summed E-state index contributed by atoms with van der Waals surface area (Å²) in [6.45, 7) is 10.4. The molecule has 28 heavy (non-hydrogen) atoms. The van der Waals surface area contributed by atoms with E-state index in [0.29, 0.717) is 12.2 Å². The van der Waals surface area contributed by atoms with Gasteiger partial charge in [-0.25, -0.2) is 0 Å². The second-order valence-corrected chi connectivity index (χ2v) is 7.12. The molecule has 5 nitrogen and oxygen atoms in total. The molecular weight excluding hydrogens is 354 g/mol. The Labute approximate surface area is 164 Å². The standard InChI is InChI=1S/C23H25NO4/c1-6-7-17-8-9-21-19(11-17)20-12-22(28-16(5)26)14(3)18(23(20)24-21)10-13(2)27-15(4)25/h6,8-9,11-13,24H,1,7,10H2,2-5H3/t13-/m0/s1. The molecule has 3 rings (SSSR count). The molecule has 1 heterocycles. The Kier molecular flexibility index (Phi) is 5.54. The van der Waals surface area contributed by atoms with Gasteiger partial charge in [0.05, 0.1) is 5.52 Å². The van der Waals surface area contributed by atoms with Crippen molar-refractivity contribution in [1.29, 1.82) is 0 Å². The molecular formula is C23H25NO4. The third kappa shape index (κ3) is 3.93. The number of allylic oxidation sites excluding steroid dienone is 1. The largest absolute Gasteiger partial charge is 0.463 e. The summed E-state index contributed by atoms with van der Waals surface area (Å²) in [5, 5.41) is 2.04. The molecule has 0 aliphatic carbocycles. The van der Waals surface area contributed by atoms with Crippen molar-refractivity contribution in [3.05, 3.63) is 53.6 Å². The fraction of sp³-hybridized carbons (Fsp3) is 0.304. The number of rotatable bonds is 6. The molecule has 0 fully saturated rings. The molecule has 0 aliphatic heterocycles. The number of esters is 2. The summed E-state index contributed by atoms with van der Waals surface area (Å²) < 4.78 is 10.8. The summed E-state index contributed by atoms with van der Waals surface area (Å²) in [5.74, 6) is -0.156. The molecule has 146 valence electrons. The highest BCUT2D eigenvalue weighted by Crippen LogP contribution is 2.36. The number of fused-ring (bicyclic) bond motifs is 3. The van der Waals surface area contributed by atoms with Gasteiger partial charge in [-0.05, 0) is 55.2 Å². The molecule has 0 aliphatic rings. The zero-order valence-electron chi connectivity index (χ0n) is 16.7. The van der Waals surface area contributed by atoms with Gasteiger partial charge >= 0.3 is 11.9 Å². The van der Waals surface area contributed by atoms with Crippen molar-refractivity contribution < 1.29 is 19.1 Å². The van der Waals surface area contributed by atoms with Crippen molar-refractivity contribution in [1.82, 2.24) is 4.98 Å². The number of carbonyl (C=O) groups is 2. The lowest BCUT2D eigenvalue weighted by Crippen LogP contribution is -2.16. The number of carbonyl (C=O) groups excluding carboxylic acids is 2. The lowest BCUT2D eigenvalue weighted by Gasteiger charge is -2.17. The van der Waals surface area contributed by atoms with Gasteiger partial charge in [-0.1, -0.05) is 12.1 Å². The normalized spacial score (nSPS) is 12.1. The Morgan fingerprint density at radius 1 is 1.18 bits per heavy atom. The van der Waals surface area contributed by atoms with Crippen LogP contribution in [0, 0.1) is 6.92 Å². The van der Waals surface area contributed by atoms with Crippen LogP contribution in [0.4, 0.5) is 0 Å². The molecule has 0 saturated carbocycles. The summed E-state index contributed by atoms with van der Waals surface area (Å²) >= 11 is 0. The highest BCUT2D eigenvalue weighted by atomic mass is 16.5. The van der Waals surface area contributed by atoms with Crippen molar-refractivity contribution in [3.63, 3.8) is 0 Å². The first-order chi connectivity index (χ1) is 13.3. The van der Waals surface area contributed by atoms with Gasteiger partial charge in [0.25, 0.3) is 0 Å². The highest BCUT2D eigenvalue weighted by molar-refractivity contribution is 6.09. The molecule has 0 amide bonds. The van der Waals surface area contributed by atoms with E-state index in [1.54, 1.807) is 0 Å². The number of hydrogen-bond acceptors (Lipinski definition) is 4. The first-order valence-electron chi connectivity index (χ1n) is 9.33. The molecule has 1 atom stereocenters. The van der Waals surface area contributed by atoms with Crippen LogP contribution in [-0.4, -0.2) is 23.0 Å². The first-order valence-corrected chi connectivity index (χ1v) is 9.33. The molecule has 0 spiro atoms. The molecule has 0 unspecified atom stereocenters. The predicted molar refractivity (Wildman–Crippen MR) is 111 cm³/mol. The quantitative estimate of drug-likeness (QED) is 0.380. The molecule has 1 N–H and O–H groups in total. The minimum Gasteiger partial charge on any atom is -0.463 e. The number of benzene rings is 2. The molecule has 5 heteroatoms. The van der Waals surface area contributed by atoms with Gasteiger partial charge in [0, 0.05) is 36.6 Å². The molecule has 0 radical (unpaired) electrons. The first kappa shape index (κ1) is 19.7. The maximum Gasteiger partial charge on any atom is 0.308 e. The Hall–Kier alpha value is -3.08. The number of nitrogens with one attached hydrogen (secondary N) is 1. The fourth-order valence-electron chi connectivity index (χ4n) is 3.65. The van der Waals surface area contributed by atoms with Crippen LogP contribution in [0.3, 0.4) is 0 Å². The zero-order chi connectivity index (χ0) is 20.4. The van der Waals surface area contributed by atoms with E-state index in [1.807, 2.05) is 32.1 Å². The van der Waals surface area contributed by atoms with E-state index < -0.39 is 0 Å². The highest BCUT2D eigenvalue weighted by Gasteiger charge is 2.19.